The maximum atomic E-state index is 13.5. The molecule has 0 amide bonds. The van der Waals surface area contributed by atoms with E-state index in [1.165, 1.54) is 24.5 Å². The van der Waals surface area contributed by atoms with Gasteiger partial charge in [0.15, 0.2) is 0 Å². The number of nitriles is 1. The van der Waals surface area contributed by atoms with Crippen LogP contribution in [0.3, 0.4) is 0 Å². The number of rotatable bonds is 3. The minimum atomic E-state index is -0.358. The average Bonchev–Trinajstić information content (AvgIpc) is 2.80. The number of hydrogen-bond acceptors (Lipinski definition) is 3. The van der Waals surface area contributed by atoms with Crippen molar-refractivity contribution in [1.82, 2.24) is 9.55 Å². The number of nitrogens with zero attached hydrogens (tertiary/aromatic N) is 3. The Morgan fingerprint density at radius 3 is 2.94 bits per heavy atom. The van der Waals surface area contributed by atoms with Gasteiger partial charge in [-0.15, -0.1) is 0 Å². The van der Waals surface area contributed by atoms with E-state index in [1.807, 2.05) is 6.07 Å². The van der Waals surface area contributed by atoms with Crippen molar-refractivity contribution in [3.63, 3.8) is 0 Å². The van der Waals surface area contributed by atoms with Crippen LogP contribution in [0.5, 0.6) is 0 Å². The molecule has 0 saturated carbocycles. The van der Waals surface area contributed by atoms with Crippen molar-refractivity contribution in [3.05, 3.63) is 53.4 Å². The summed E-state index contributed by atoms with van der Waals surface area (Å²) in [6, 6.07) is 6.19. The first kappa shape index (κ1) is 11.3. The third kappa shape index (κ3) is 2.49. The molecule has 0 aliphatic rings. The predicted molar refractivity (Wildman–Crippen MR) is 58.4 cm³/mol. The van der Waals surface area contributed by atoms with Gasteiger partial charge in [-0.25, -0.2) is 9.37 Å². The highest BCUT2D eigenvalue weighted by atomic mass is 19.1. The fourth-order valence-electron chi connectivity index (χ4n) is 1.54. The van der Waals surface area contributed by atoms with Crippen molar-refractivity contribution in [2.45, 2.75) is 13.2 Å². The third-order valence-corrected chi connectivity index (χ3v) is 2.38. The molecule has 0 unspecified atom stereocenters. The summed E-state index contributed by atoms with van der Waals surface area (Å²) in [6.45, 7) is 0.141. The molecule has 0 radical (unpaired) electrons. The topological polar surface area (TPSA) is 61.8 Å². The molecular formula is C12H10FN3O. The van der Waals surface area contributed by atoms with Gasteiger partial charge >= 0.3 is 0 Å². The van der Waals surface area contributed by atoms with Crippen LogP contribution in [0.15, 0.2) is 30.7 Å². The summed E-state index contributed by atoms with van der Waals surface area (Å²) in [5.74, 6) is -0.358. The summed E-state index contributed by atoms with van der Waals surface area (Å²) in [5, 5.41) is 17.6. The second-order valence-corrected chi connectivity index (χ2v) is 3.61. The van der Waals surface area contributed by atoms with Crippen LogP contribution in [-0.4, -0.2) is 14.7 Å². The van der Waals surface area contributed by atoms with Crippen molar-refractivity contribution >= 4 is 0 Å². The van der Waals surface area contributed by atoms with Gasteiger partial charge in [0, 0.05) is 11.8 Å². The summed E-state index contributed by atoms with van der Waals surface area (Å²) in [4.78, 5) is 3.93. The van der Waals surface area contributed by atoms with Gasteiger partial charge in [0.2, 0.25) is 0 Å². The van der Waals surface area contributed by atoms with Gasteiger partial charge in [0.25, 0.3) is 0 Å². The van der Waals surface area contributed by atoms with Crippen LogP contribution in [0, 0.1) is 17.1 Å². The first-order valence-corrected chi connectivity index (χ1v) is 5.03. The van der Waals surface area contributed by atoms with Crippen molar-refractivity contribution in [2.24, 2.45) is 0 Å². The molecule has 0 aliphatic heterocycles. The number of aliphatic hydroxyl groups is 1. The Balaban J connectivity index is 2.26. The maximum absolute atomic E-state index is 13.5. The fourth-order valence-corrected chi connectivity index (χ4v) is 1.54. The molecule has 0 aliphatic carbocycles. The fraction of sp³-hybridized carbons (Fsp3) is 0.167. The molecular weight excluding hydrogens is 221 g/mol. The zero-order valence-electron chi connectivity index (χ0n) is 8.97. The molecule has 17 heavy (non-hydrogen) atoms. The van der Waals surface area contributed by atoms with E-state index < -0.39 is 0 Å². The second kappa shape index (κ2) is 4.76. The molecule has 1 N–H and O–H groups in total. The first-order chi connectivity index (χ1) is 8.22. The van der Waals surface area contributed by atoms with E-state index in [4.69, 9.17) is 10.4 Å². The Hall–Kier alpha value is -2.19. The number of aliphatic hydroxyl groups excluding tert-OH is 1. The van der Waals surface area contributed by atoms with E-state index >= 15 is 0 Å². The number of halogens is 1. The molecule has 4 nitrogen and oxygen atoms in total. The summed E-state index contributed by atoms with van der Waals surface area (Å²) in [5.41, 5.74) is 1.37. The van der Waals surface area contributed by atoms with Gasteiger partial charge in [-0.05, 0) is 18.2 Å². The van der Waals surface area contributed by atoms with Gasteiger partial charge in [-0.3, -0.25) is 0 Å². The SMILES string of the molecule is N#Cc1ccc(F)c(Cn2cnc(CO)c2)c1. The minimum Gasteiger partial charge on any atom is -0.390 e. The molecule has 0 saturated heterocycles. The normalized spacial score (nSPS) is 10.2. The molecule has 0 spiro atoms. The molecule has 5 heteroatoms. The second-order valence-electron chi connectivity index (χ2n) is 3.61. The molecule has 86 valence electrons. The Morgan fingerprint density at radius 1 is 1.47 bits per heavy atom. The van der Waals surface area contributed by atoms with Crippen LogP contribution < -0.4 is 0 Å². The molecule has 0 fully saturated rings. The quantitative estimate of drug-likeness (QED) is 0.869. The van der Waals surface area contributed by atoms with E-state index in [0.717, 1.165) is 0 Å². The number of benzene rings is 1. The van der Waals surface area contributed by atoms with Crippen molar-refractivity contribution in [3.8, 4) is 6.07 Å². The van der Waals surface area contributed by atoms with Crippen LogP contribution in [0.4, 0.5) is 4.39 Å². The highest BCUT2D eigenvalue weighted by Gasteiger charge is 2.05. The lowest BCUT2D eigenvalue weighted by molar-refractivity contribution is 0.277. The van der Waals surface area contributed by atoms with Crippen LogP contribution in [0.2, 0.25) is 0 Å². The Labute approximate surface area is 97.6 Å². The molecule has 2 rings (SSSR count). The van der Waals surface area contributed by atoms with Crippen LogP contribution >= 0.6 is 0 Å². The van der Waals surface area contributed by atoms with Crippen LogP contribution in [-0.2, 0) is 13.2 Å². The van der Waals surface area contributed by atoms with Gasteiger partial charge in [-0.2, -0.15) is 5.26 Å². The Bertz CT molecular complexity index is 571. The lowest BCUT2D eigenvalue weighted by Gasteiger charge is -2.04. The van der Waals surface area contributed by atoms with Gasteiger partial charge < -0.3 is 9.67 Å². The standard InChI is InChI=1S/C12H10FN3O/c13-12-2-1-9(4-14)3-10(12)5-16-6-11(7-17)15-8-16/h1-3,6,8,17H,5,7H2. The monoisotopic (exact) mass is 231 g/mol. The van der Waals surface area contributed by atoms with Gasteiger partial charge in [-0.1, -0.05) is 0 Å². The lowest BCUT2D eigenvalue weighted by atomic mass is 10.1. The third-order valence-electron chi connectivity index (χ3n) is 2.38. The van der Waals surface area contributed by atoms with E-state index in [9.17, 15) is 4.39 Å². The molecule has 0 bridgehead atoms. The zero-order chi connectivity index (χ0) is 12.3. The highest BCUT2D eigenvalue weighted by molar-refractivity contribution is 5.33. The van der Waals surface area contributed by atoms with Gasteiger partial charge in [0.05, 0.1) is 36.8 Å². The Morgan fingerprint density at radius 2 is 2.29 bits per heavy atom. The van der Waals surface area contributed by atoms with E-state index in [2.05, 4.69) is 4.98 Å². The van der Waals surface area contributed by atoms with Gasteiger partial charge in [0.1, 0.15) is 5.82 Å². The van der Waals surface area contributed by atoms with E-state index in [0.29, 0.717) is 16.8 Å². The van der Waals surface area contributed by atoms with Crippen molar-refractivity contribution in [1.29, 1.82) is 5.26 Å². The molecule has 1 aromatic carbocycles. The summed E-state index contributed by atoms with van der Waals surface area (Å²) >= 11 is 0. The molecule has 1 aromatic heterocycles. The highest BCUT2D eigenvalue weighted by Crippen LogP contribution is 2.12. The van der Waals surface area contributed by atoms with E-state index in [-0.39, 0.29) is 19.0 Å². The number of hydrogen-bond donors (Lipinski definition) is 1. The van der Waals surface area contributed by atoms with Crippen molar-refractivity contribution < 1.29 is 9.50 Å². The predicted octanol–water partition coefficient (Wildman–Crippen LogP) is 1.43. The Kier molecular flexibility index (Phi) is 3.17. The lowest BCUT2D eigenvalue weighted by Crippen LogP contribution is -2.00. The summed E-state index contributed by atoms with van der Waals surface area (Å²) in [7, 11) is 0. The first-order valence-electron chi connectivity index (χ1n) is 5.03. The zero-order valence-corrected chi connectivity index (χ0v) is 8.97. The van der Waals surface area contributed by atoms with Crippen LogP contribution in [0.1, 0.15) is 16.8 Å². The summed E-state index contributed by atoms with van der Waals surface area (Å²) < 4.78 is 15.1. The van der Waals surface area contributed by atoms with E-state index in [1.54, 1.807) is 10.8 Å². The molecule has 0 atom stereocenters. The summed E-state index contributed by atoms with van der Waals surface area (Å²) in [6.07, 6.45) is 3.16. The average molecular weight is 231 g/mol. The van der Waals surface area contributed by atoms with Crippen molar-refractivity contribution in [2.75, 3.05) is 0 Å². The number of aromatic nitrogens is 2. The van der Waals surface area contributed by atoms with Crippen LogP contribution in [0.25, 0.3) is 0 Å². The minimum absolute atomic E-state index is 0.145. The molecule has 1 heterocycles. The smallest absolute Gasteiger partial charge is 0.128 e. The largest absolute Gasteiger partial charge is 0.390 e. The molecule has 2 aromatic rings. The maximum Gasteiger partial charge on any atom is 0.128 e. The number of imidazole rings is 1.